The zero-order valence-electron chi connectivity index (χ0n) is 14.0. The first kappa shape index (κ1) is 18.7. The predicted molar refractivity (Wildman–Crippen MR) is 95.3 cm³/mol. The van der Waals surface area contributed by atoms with E-state index < -0.39 is 15.8 Å². The first-order valence-corrected chi connectivity index (χ1v) is 9.70. The van der Waals surface area contributed by atoms with Gasteiger partial charge in [-0.25, -0.2) is 13.2 Å². The second-order valence-corrected chi connectivity index (χ2v) is 7.66. The molecule has 2 aromatic carbocycles. The number of hydrogen-bond donors (Lipinski definition) is 1. The fourth-order valence-electron chi connectivity index (χ4n) is 2.20. The molecule has 0 aliphatic rings. The van der Waals surface area contributed by atoms with Gasteiger partial charge in [0.1, 0.15) is 0 Å². The zero-order valence-corrected chi connectivity index (χ0v) is 14.8. The summed E-state index contributed by atoms with van der Waals surface area (Å²) in [7, 11) is -3.12. The number of benzene rings is 2. The highest BCUT2D eigenvalue weighted by Crippen LogP contribution is 2.14. The molecule has 0 aliphatic carbocycles. The first-order chi connectivity index (χ1) is 11.8. The molecule has 0 aliphatic heterocycles. The Hall–Kier alpha value is -2.67. The summed E-state index contributed by atoms with van der Waals surface area (Å²) in [4.78, 5) is 24.0. The summed E-state index contributed by atoms with van der Waals surface area (Å²) >= 11 is 0. The van der Waals surface area contributed by atoms with E-state index in [1.54, 1.807) is 49.4 Å². The van der Waals surface area contributed by atoms with Crippen LogP contribution in [0.25, 0.3) is 0 Å². The van der Waals surface area contributed by atoms with Crippen molar-refractivity contribution in [2.45, 2.75) is 12.7 Å². The fourth-order valence-corrected chi connectivity index (χ4v) is 2.99. The van der Waals surface area contributed by atoms with Crippen molar-refractivity contribution >= 4 is 27.4 Å². The quantitative estimate of drug-likeness (QED) is 0.799. The molecule has 1 amide bonds. The van der Waals surface area contributed by atoms with Crippen molar-refractivity contribution in [2.24, 2.45) is 0 Å². The van der Waals surface area contributed by atoms with Crippen LogP contribution in [0.3, 0.4) is 0 Å². The monoisotopic (exact) mass is 361 g/mol. The summed E-state index contributed by atoms with van der Waals surface area (Å²) in [5.41, 5.74) is 1.82. The predicted octanol–water partition coefficient (Wildman–Crippen LogP) is 2.66. The smallest absolute Gasteiger partial charge is 0.338 e. The average molecular weight is 361 g/mol. The van der Waals surface area contributed by atoms with Gasteiger partial charge in [-0.1, -0.05) is 18.2 Å². The van der Waals surface area contributed by atoms with E-state index in [-0.39, 0.29) is 18.3 Å². The lowest BCUT2D eigenvalue weighted by molar-refractivity contribution is 0.0526. The number of nitrogens with one attached hydrogen (secondary N) is 1. The van der Waals surface area contributed by atoms with Gasteiger partial charge in [0.2, 0.25) is 0 Å². The zero-order chi connectivity index (χ0) is 18.4. The second kappa shape index (κ2) is 7.94. The highest BCUT2D eigenvalue weighted by atomic mass is 32.2. The van der Waals surface area contributed by atoms with E-state index in [0.717, 1.165) is 6.26 Å². The molecule has 6 nitrogen and oxygen atoms in total. The Morgan fingerprint density at radius 3 is 2.32 bits per heavy atom. The average Bonchev–Trinajstić information content (AvgIpc) is 2.54. The van der Waals surface area contributed by atoms with Gasteiger partial charge >= 0.3 is 5.97 Å². The van der Waals surface area contributed by atoms with Crippen molar-refractivity contribution in [3.05, 3.63) is 65.2 Å². The maximum Gasteiger partial charge on any atom is 0.338 e. The molecule has 1 N–H and O–H groups in total. The molecule has 0 fully saturated rings. The lowest BCUT2D eigenvalue weighted by atomic mass is 10.1. The number of carbonyl (C=O) groups excluding carboxylic acids is 2. The van der Waals surface area contributed by atoms with Gasteiger partial charge in [0, 0.05) is 17.5 Å². The van der Waals surface area contributed by atoms with Gasteiger partial charge < -0.3 is 10.1 Å². The number of ether oxygens (including phenoxy) is 1. The summed E-state index contributed by atoms with van der Waals surface area (Å²) < 4.78 is 27.5. The number of amides is 1. The fraction of sp³-hybridized carbons (Fsp3) is 0.222. The van der Waals surface area contributed by atoms with Crippen LogP contribution in [0.4, 0.5) is 5.69 Å². The number of sulfone groups is 1. The topological polar surface area (TPSA) is 89.5 Å². The molecule has 0 spiro atoms. The minimum atomic E-state index is -3.12. The molecule has 0 saturated carbocycles. The number of carbonyl (C=O) groups is 2. The van der Waals surface area contributed by atoms with Gasteiger partial charge in [-0.3, -0.25) is 4.79 Å². The molecule has 0 atom stereocenters. The third-order valence-corrected chi connectivity index (χ3v) is 4.13. The van der Waals surface area contributed by atoms with Crippen molar-refractivity contribution in [1.82, 2.24) is 0 Å². The van der Waals surface area contributed by atoms with E-state index in [1.807, 2.05) is 0 Å². The van der Waals surface area contributed by atoms with E-state index >= 15 is 0 Å². The molecule has 25 heavy (non-hydrogen) atoms. The highest BCUT2D eigenvalue weighted by Gasteiger charge is 2.11. The van der Waals surface area contributed by atoms with Crippen LogP contribution >= 0.6 is 0 Å². The maximum atomic E-state index is 12.3. The van der Waals surface area contributed by atoms with Crippen LogP contribution in [0.2, 0.25) is 0 Å². The summed E-state index contributed by atoms with van der Waals surface area (Å²) in [5.74, 6) is -0.883. The molecular formula is C18H19NO5S. The summed E-state index contributed by atoms with van der Waals surface area (Å²) in [6, 6.07) is 12.8. The van der Waals surface area contributed by atoms with Crippen LogP contribution in [0, 0.1) is 0 Å². The second-order valence-electron chi connectivity index (χ2n) is 5.52. The van der Waals surface area contributed by atoms with E-state index in [1.165, 1.54) is 6.07 Å². The molecule has 2 rings (SSSR count). The Balaban J connectivity index is 2.09. The third-order valence-electron chi connectivity index (χ3n) is 3.28. The summed E-state index contributed by atoms with van der Waals surface area (Å²) in [5, 5.41) is 2.70. The minimum Gasteiger partial charge on any atom is -0.462 e. The van der Waals surface area contributed by atoms with Gasteiger partial charge in [-0.05, 0) is 42.8 Å². The van der Waals surface area contributed by atoms with Crippen molar-refractivity contribution < 1.29 is 22.7 Å². The number of hydrogen-bond acceptors (Lipinski definition) is 5. The third kappa shape index (κ3) is 5.72. The number of rotatable bonds is 6. The van der Waals surface area contributed by atoms with Crippen LogP contribution in [0.5, 0.6) is 0 Å². The van der Waals surface area contributed by atoms with Crippen LogP contribution in [-0.2, 0) is 20.3 Å². The minimum absolute atomic E-state index is 0.0729. The lowest BCUT2D eigenvalue weighted by Gasteiger charge is -2.08. The SMILES string of the molecule is CCOC(=O)c1cccc(NC(=O)c2ccc(CS(C)(=O)=O)cc2)c1. The molecule has 0 aromatic heterocycles. The Labute approximate surface area is 146 Å². The molecular weight excluding hydrogens is 342 g/mol. The van der Waals surface area contributed by atoms with Crippen molar-refractivity contribution in [1.29, 1.82) is 0 Å². The van der Waals surface area contributed by atoms with Crippen molar-refractivity contribution in [2.75, 3.05) is 18.2 Å². The van der Waals surface area contributed by atoms with Gasteiger partial charge in [-0.2, -0.15) is 0 Å². The van der Waals surface area contributed by atoms with E-state index in [4.69, 9.17) is 4.74 Å². The van der Waals surface area contributed by atoms with Crippen LogP contribution < -0.4 is 5.32 Å². The Morgan fingerprint density at radius 1 is 1.04 bits per heavy atom. The van der Waals surface area contributed by atoms with E-state index in [2.05, 4.69) is 5.32 Å². The molecule has 0 heterocycles. The van der Waals surface area contributed by atoms with Gasteiger partial charge in [0.15, 0.2) is 9.84 Å². The normalized spacial score (nSPS) is 11.0. The van der Waals surface area contributed by atoms with Crippen LogP contribution in [-0.4, -0.2) is 33.2 Å². The highest BCUT2D eigenvalue weighted by molar-refractivity contribution is 7.89. The van der Waals surface area contributed by atoms with E-state index in [0.29, 0.717) is 22.4 Å². The Bertz CT molecular complexity index is 873. The standard InChI is InChI=1S/C18H19NO5S/c1-3-24-18(21)15-5-4-6-16(11-15)19-17(20)14-9-7-13(8-10-14)12-25(2,22)23/h4-11H,3,12H2,1-2H3,(H,19,20). The van der Waals surface area contributed by atoms with Crippen LogP contribution in [0.15, 0.2) is 48.5 Å². The number of anilines is 1. The molecule has 0 radical (unpaired) electrons. The molecule has 0 saturated heterocycles. The summed E-state index contributed by atoms with van der Waals surface area (Å²) in [6.45, 7) is 1.99. The lowest BCUT2D eigenvalue weighted by Crippen LogP contribution is -2.13. The molecule has 0 unspecified atom stereocenters. The van der Waals surface area contributed by atoms with Crippen molar-refractivity contribution in [3.8, 4) is 0 Å². The van der Waals surface area contributed by atoms with Gasteiger partial charge in [-0.15, -0.1) is 0 Å². The largest absolute Gasteiger partial charge is 0.462 e. The van der Waals surface area contributed by atoms with Crippen LogP contribution in [0.1, 0.15) is 33.2 Å². The summed E-state index contributed by atoms with van der Waals surface area (Å²) in [6.07, 6.45) is 1.16. The Morgan fingerprint density at radius 2 is 1.72 bits per heavy atom. The first-order valence-electron chi connectivity index (χ1n) is 7.63. The molecule has 2 aromatic rings. The van der Waals surface area contributed by atoms with Gasteiger partial charge in [0.25, 0.3) is 5.91 Å². The maximum absolute atomic E-state index is 12.3. The van der Waals surface area contributed by atoms with Gasteiger partial charge in [0.05, 0.1) is 17.9 Å². The van der Waals surface area contributed by atoms with Crippen molar-refractivity contribution in [3.63, 3.8) is 0 Å². The Kier molecular flexibility index (Phi) is 5.93. The molecule has 0 bridgehead atoms. The van der Waals surface area contributed by atoms with E-state index in [9.17, 15) is 18.0 Å². The molecule has 132 valence electrons. The molecule has 7 heteroatoms. The number of esters is 1.